The fourth-order valence-electron chi connectivity index (χ4n) is 2.82. The van der Waals surface area contributed by atoms with Crippen molar-refractivity contribution in [2.24, 2.45) is 5.92 Å². The largest absolute Gasteiger partial charge is 0.493 e. The molecule has 0 saturated heterocycles. The van der Waals surface area contributed by atoms with Gasteiger partial charge in [0.05, 0.1) is 26.2 Å². The summed E-state index contributed by atoms with van der Waals surface area (Å²) >= 11 is 0. The highest BCUT2D eigenvalue weighted by Crippen LogP contribution is 2.33. The quantitative estimate of drug-likeness (QED) is 0.708. The Morgan fingerprint density at radius 3 is 2.30 bits per heavy atom. The third kappa shape index (κ3) is 4.21. The molecule has 27 heavy (non-hydrogen) atoms. The molecule has 0 radical (unpaired) electrons. The monoisotopic (exact) mass is 377 g/mol. The molecule has 0 saturated carbocycles. The van der Waals surface area contributed by atoms with Gasteiger partial charge in [-0.2, -0.15) is 0 Å². The number of rotatable bonds is 7. The second-order valence-corrected chi connectivity index (χ2v) is 6.50. The van der Waals surface area contributed by atoms with Gasteiger partial charge in [-0.3, -0.25) is 4.79 Å². The highest BCUT2D eigenvalue weighted by atomic mass is 16.5. The van der Waals surface area contributed by atoms with Gasteiger partial charge in [-0.05, 0) is 24.5 Å². The number of methoxy groups -OCH3 is 2. The molecule has 1 aromatic carbocycles. The zero-order valence-corrected chi connectivity index (χ0v) is 15.9. The lowest BCUT2D eigenvalue weighted by atomic mass is 10.0. The van der Waals surface area contributed by atoms with Gasteiger partial charge in [0, 0.05) is 11.5 Å². The third-order valence-electron chi connectivity index (χ3n) is 4.38. The van der Waals surface area contributed by atoms with E-state index in [0.29, 0.717) is 28.0 Å². The van der Waals surface area contributed by atoms with Crippen molar-refractivity contribution >= 4 is 22.8 Å². The van der Waals surface area contributed by atoms with Crippen LogP contribution in [0, 0.1) is 12.8 Å². The molecule has 0 aliphatic heterocycles. The summed E-state index contributed by atoms with van der Waals surface area (Å²) in [6.45, 7) is 5.08. The van der Waals surface area contributed by atoms with Crippen LogP contribution in [0.15, 0.2) is 21.3 Å². The number of amides is 1. The molecule has 0 bridgehead atoms. The van der Waals surface area contributed by atoms with E-state index in [-0.39, 0.29) is 17.9 Å². The minimum Gasteiger partial charge on any atom is -0.493 e. The summed E-state index contributed by atoms with van der Waals surface area (Å²) in [4.78, 5) is 35.9. The first kappa shape index (κ1) is 20.3. The molecule has 0 fully saturated rings. The molecule has 1 aromatic heterocycles. The zero-order valence-electron chi connectivity index (χ0n) is 15.9. The van der Waals surface area contributed by atoms with E-state index in [0.717, 1.165) is 0 Å². The Morgan fingerprint density at radius 2 is 1.78 bits per heavy atom. The number of benzene rings is 1. The van der Waals surface area contributed by atoms with Crippen molar-refractivity contribution in [3.8, 4) is 11.5 Å². The summed E-state index contributed by atoms with van der Waals surface area (Å²) in [6.07, 6.45) is -0.283. The number of aryl methyl sites for hydroxylation is 1. The van der Waals surface area contributed by atoms with E-state index in [2.05, 4.69) is 5.32 Å². The fourth-order valence-corrected chi connectivity index (χ4v) is 2.82. The van der Waals surface area contributed by atoms with Crippen LogP contribution in [-0.2, 0) is 16.0 Å². The molecule has 146 valence electrons. The predicted molar refractivity (Wildman–Crippen MR) is 98.4 cm³/mol. The van der Waals surface area contributed by atoms with Crippen molar-refractivity contribution in [3.05, 3.63) is 33.7 Å². The molecule has 0 aliphatic carbocycles. The molecule has 8 heteroatoms. The van der Waals surface area contributed by atoms with E-state index in [9.17, 15) is 19.5 Å². The maximum absolute atomic E-state index is 12.4. The summed E-state index contributed by atoms with van der Waals surface area (Å²) in [7, 11) is 2.96. The number of carbonyl (C=O) groups excluding carboxylic acids is 1. The van der Waals surface area contributed by atoms with Crippen LogP contribution in [0.5, 0.6) is 11.5 Å². The van der Waals surface area contributed by atoms with E-state index >= 15 is 0 Å². The number of carbonyl (C=O) groups is 2. The van der Waals surface area contributed by atoms with Gasteiger partial charge in [0.15, 0.2) is 11.5 Å². The lowest BCUT2D eigenvalue weighted by Crippen LogP contribution is -2.45. The molecule has 0 aliphatic rings. The standard InChI is InChI=1S/C19H23NO7/c1-9(2)17(18(22)23)20-16(21)7-12-10(3)11-6-14(25-4)15(26-5)8-13(11)27-19(12)24/h6,8-9,17H,7H2,1-5H3,(H,20,21)(H,22,23)/t17-/m0/s1. The van der Waals surface area contributed by atoms with Crippen molar-refractivity contribution in [1.82, 2.24) is 5.32 Å². The van der Waals surface area contributed by atoms with Crippen molar-refractivity contribution in [2.45, 2.75) is 33.2 Å². The van der Waals surface area contributed by atoms with Crippen LogP contribution < -0.4 is 20.4 Å². The Balaban J connectivity index is 2.42. The van der Waals surface area contributed by atoms with Crippen molar-refractivity contribution in [2.75, 3.05) is 14.2 Å². The maximum atomic E-state index is 12.4. The average molecular weight is 377 g/mol. The molecule has 0 unspecified atom stereocenters. The number of nitrogens with one attached hydrogen (secondary N) is 1. The van der Waals surface area contributed by atoms with E-state index in [1.165, 1.54) is 14.2 Å². The predicted octanol–water partition coefficient (Wildman–Crippen LogP) is 1.89. The Morgan fingerprint density at radius 1 is 1.19 bits per heavy atom. The van der Waals surface area contributed by atoms with Crippen molar-refractivity contribution in [1.29, 1.82) is 0 Å². The van der Waals surface area contributed by atoms with Crippen LogP contribution in [0.25, 0.3) is 11.0 Å². The molecule has 1 amide bonds. The summed E-state index contributed by atoms with van der Waals surface area (Å²) in [5.74, 6) is -1.11. The van der Waals surface area contributed by atoms with Gasteiger partial charge in [-0.1, -0.05) is 13.8 Å². The van der Waals surface area contributed by atoms with Gasteiger partial charge in [-0.25, -0.2) is 9.59 Å². The maximum Gasteiger partial charge on any atom is 0.340 e. The first-order valence-electron chi connectivity index (χ1n) is 8.40. The second-order valence-electron chi connectivity index (χ2n) is 6.50. The Kier molecular flexibility index (Phi) is 6.09. The van der Waals surface area contributed by atoms with E-state index in [1.54, 1.807) is 32.9 Å². The second kappa shape index (κ2) is 8.11. The molecule has 2 aromatic rings. The highest BCUT2D eigenvalue weighted by molar-refractivity contribution is 5.88. The smallest absolute Gasteiger partial charge is 0.340 e. The average Bonchev–Trinajstić information content (AvgIpc) is 2.61. The van der Waals surface area contributed by atoms with Crippen molar-refractivity contribution < 1.29 is 28.6 Å². The third-order valence-corrected chi connectivity index (χ3v) is 4.38. The molecule has 2 rings (SSSR count). The number of hydrogen-bond donors (Lipinski definition) is 2. The number of carboxylic acid groups (broad SMARTS) is 1. The Labute approximate surface area is 156 Å². The van der Waals surface area contributed by atoms with Crippen LogP contribution in [-0.4, -0.2) is 37.2 Å². The number of carboxylic acids is 1. The van der Waals surface area contributed by atoms with Crippen molar-refractivity contribution in [3.63, 3.8) is 0 Å². The van der Waals surface area contributed by atoms with Crippen LogP contribution in [0.2, 0.25) is 0 Å². The van der Waals surface area contributed by atoms with Gasteiger partial charge < -0.3 is 24.3 Å². The molecular formula is C19H23NO7. The van der Waals surface area contributed by atoms with Gasteiger partial charge in [0.2, 0.25) is 5.91 Å². The van der Waals surface area contributed by atoms with Gasteiger partial charge in [-0.15, -0.1) is 0 Å². The summed E-state index contributed by atoms with van der Waals surface area (Å²) < 4.78 is 15.8. The Hall–Kier alpha value is -3.03. The number of fused-ring (bicyclic) bond motifs is 1. The minimum absolute atomic E-state index is 0.167. The number of ether oxygens (including phenoxy) is 2. The molecular weight excluding hydrogens is 354 g/mol. The summed E-state index contributed by atoms with van der Waals surface area (Å²) in [5.41, 5.74) is 0.387. The Bertz CT molecular complexity index is 930. The molecule has 8 nitrogen and oxygen atoms in total. The van der Waals surface area contributed by atoms with Crippen LogP contribution in [0.4, 0.5) is 0 Å². The normalized spacial score (nSPS) is 12.1. The van der Waals surface area contributed by atoms with E-state index < -0.39 is 23.5 Å². The molecule has 1 atom stereocenters. The molecule has 2 N–H and O–H groups in total. The van der Waals surface area contributed by atoms with Gasteiger partial charge in [0.1, 0.15) is 11.6 Å². The lowest BCUT2D eigenvalue weighted by molar-refractivity contribution is -0.143. The van der Waals surface area contributed by atoms with Crippen LogP contribution >= 0.6 is 0 Å². The first-order valence-corrected chi connectivity index (χ1v) is 8.40. The first-order chi connectivity index (χ1) is 12.7. The summed E-state index contributed by atoms with van der Waals surface area (Å²) in [5, 5.41) is 12.2. The van der Waals surface area contributed by atoms with Crippen LogP contribution in [0.3, 0.4) is 0 Å². The number of hydrogen-bond acceptors (Lipinski definition) is 6. The van der Waals surface area contributed by atoms with Crippen LogP contribution in [0.1, 0.15) is 25.0 Å². The van der Waals surface area contributed by atoms with E-state index in [4.69, 9.17) is 13.9 Å². The topological polar surface area (TPSA) is 115 Å². The fraction of sp³-hybridized carbons (Fsp3) is 0.421. The zero-order chi connectivity index (χ0) is 20.3. The lowest BCUT2D eigenvalue weighted by Gasteiger charge is -2.18. The van der Waals surface area contributed by atoms with E-state index in [1.807, 2.05) is 0 Å². The summed E-state index contributed by atoms with van der Waals surface area (Å²) in [6, 6.07) is 2.18. The minimum atomic E-state index is -1.13. The molecule has 0 spiro atoms. The number of aliphatic carboxylic acids is 1. The highest BCUT2D eigenvalue weighted by Gasteiger charge is 2.25. The molecule has 1 heterocycles. The van der Waals surface area contributed by atoms with Gasteiger partial charge in [0.25, 0.3) is 0 Å². The van der Waals surface area contributed by atoms with Gasteiger partial charge >= 0.3 is 11.6 Å². The SMILES string of the molecule is COc1cc2oc(=O)c(CC(=O)N[C@H](C(=O)O)C(C)C)c(C)c2cc1OC.